The molecule has 1 nitrogen and oxygen atoms in total. The smallest absolute Gasteiger partial charge is 0.0213 e. The van der Waals surface area contributed by atoms with Crippen molar-refractivity contribution in [2.45, 2.75) is 64.8 Å². The maximum absolute atomic E-state index is 2.84. The highest BCUT2D eigenvalue weighted by molar-refractivity contribution is 5.07. The maximum atomic E-state index is 2.84. The molecule has 1 atom stereocenters. The lowest BCUT2D eigenvalue weighted by atomic mass is 9.90. The molecule has 1 heteroatoms. The molecule has 3 fully saturated rings. The van der Waals surface area contributed by atoms with Crippen LogP contribution in [-0.2, 0) is 0 Å². The summed E-state index contributed by atoms with van der Waals surface area (Å²) < 4.78 is 0. The van der Waals surface area contributed by atoms with Gasteiger partial charge >= 0.3 is 0 Å². The van der Waals surface area contributed by atoms with E-state index in [0.29, 0.717) is 0 Å². The zero-order valence-corrected chi connectivity index (χ0v) is 10.8. The van der Waals surface area contributed by atoms with Gasteiger partial charge in [-0.15, -0.1) is 0 Å². The molecule has 0 bridgehead atoms. The highest BCUT2D eigenvalue weighted by atomic mass is 15.2. The van der Waals surface area contributed by atoms with E-state index >= 15 is 0 Å². The van der Waals surface area contributed by atoms with Crippen LogP contribution < -0.4 is 0 Å². The third kappa shape index (κ3) is 2.55. The van der Waals surface area contributed by atoms with E-state index in [2.05, 4.69) is 11.8 Å². The van der Waals surface area contributed by atoms with Crippen molar-refractivity contribution in [3.05, 3.63) is 0 Å². The SMILES string of the molecule is CC.CC1CCN(CC2CC2)C2(CC2)C1. The Morgan fingerprint density at radius 3 is 2.33 bits per heavy atom. The van der Waals surface area contributed by atoms with Gasteiger partial charge in [-0.1, -0.05) is 20.8 Å². The molecular formula is C14H27N. The Bertz CT molecular complexity index is 203. The molecule has 1 saturated heterocycles. The van der Waals surface area contributed by atoms with Gasteiger partial charge in [0.2, 0.25) is 0 Å². The molecular weight excluding hydrogens is 182 g/mol. The van der Waals surface area contributed by atoms with Crippen LogP contribution in [-0.4, -0.2) is 23.5 Å². The topological polar surface area (TPSA) is 3.24 Å². The molecule has 1 spiro atoms. The van der Waals surface area contributed by atoms with E-state index in [0.717, 1.165) is 17.4 Å². The molecule has 3 rings (SSSR count). The van der Waals surface area contributed by atoms with E-state index in [1.54, 1.807) is 0 Å². The second-order valence-corrected chi connectivity index (χ2v) is 5.71. The monoisotopic (exact) mass is 209 g/mol. The Balaban J connectivity index is 0.000000404. The Labute approximate surface area is 95.2 Å². The van der Waals surface area contributed by atoms with Crippen molar-refractivity contribution in [2.75, 3.05) is 13.1 Å². The molecule has 0 aromatic heterocycles. The number of nitrogens with zero attached hydrogens (tertiary/aromatic N) is 1. The largest absolute Gasteiger partial charge is 0.297 e. The summed E-state index contributed by atoms with van der Waals surface area (Å²) in [5, 5.41) is 0. The fraction of sp³-hybridized carbons (Fsp3) is 1.00. The van der Waals surface area contributed by atoms with Crippen LogP contribution in [0.15, 0.2) is 0 Å². The molecule has 2 aliphatic carbocycles. The molecule has 2 saturated carbocycles. The van der Waals surface area contributed by atoms with Crippen molar-refractivity contribution in [3.8, 4) is 0 Å². The number of piperidine rings is 1. The standard InChI is InChI=1S/C12H21N.C2H6/c1-10-4-7-13(9-11-2-3-11)12(8-10)5-6-12;1-2/h10-11H,2-9H2,1H3;1-2H3. The van der Waals surface area contributed by atoms with Gasteiger partial charge in [0.25, 0.3) is 0 Å². The molecule has 0 aromatic carbocycles. The quantitative estimate of drug-likeness (QED) is 0.670. The van der Waals surface area contributed by atoms with Crippen molar-refractivity contribution in [3.63, 3.8) is 0 Å². The summed E-state index contributed by atoms with van der Waals surface area (Å²) in [4.78, 5) is 2.84. The number of hydrogen-bond donors (Lipinski definition) is 0. The summed E-state index contributed by atoms with van der Waals surface area (Å²) in [6, 6.07) is 0. The van der Waals surface area contributed by atoms with Crippen LogP contribution in [0.1, 0.15) is 59.3 Å². The minimum absolute atomic E-state index is 0.722. The Hall–Kier alpha value is -0.0400. The second kappa shape index (κ2) is 4.45. The molecule has 0 N–H and O–H groups in total. The molecule has 0 radical (unpaired) electrons. The average molecular weight is 209 g/mol. The lowest BCUT2D eigenvalue weighted by Crippen LogP contribution is -2.44. The van der Waals surface area contributed by atoms with E-state index < -0.39 is 0 Å². The van der Waals surface area contributed by atoms with Crippen molar-refractivity contribution in [1.82, 2.24) is 4.90 Å². The molecule has 1 unspecified atom stereocenters. The zero-order chi connectivity index (χ0) is 10.9. The number of hydrogen-bond acceptors (Lipinski definition) is 1. The predicted octanol–water partition coefficient (Wildman–Crippen LogP) is 3.69. The highest BCUT2D eigenvalue weighted by Crippen LogP contribution is 2.51. The summed E-state index contributed by atoms with van der Waals surface area (Å²) in [6.45, 7) is 9.28. The van der Waals surface area contributed by atoms with Crippen LogP contribution >= 0.6 is 0 Å². The van der Waals surface area contributed by atoms with E-state index in [1.165, 1.54) is 51.6 Å². The van der Waals surface area contributed by atoms with Gasteiger partial charge in [0.05, 0.1) is 0 Å². The summed E-state index contributed by atoms with van der Waals surface area (Å²) in [5.74, 6) is 2.09. The molecule has 15 heavy (non-hydrogen) atoms. The molecule has 0 amide bonds. The first kappa shape index (κ1) is 11.4. The van der Waals surface area contributed by atoms with Crippen molar-refractivity contribution in [1.29, 1.82) is 0 Å². The number of rotatable bonds is 2. The fourth-order valence-corrected chi connectivity index (χ4v) is 3.05. The van der Waals surface area contributed by atoms with Crippen LogP contribution in [0.5, 0.6) is 0 Å². The summed E-state index contributed by atoms with van der Waals surface area (Å²) >= 11 is 0. The number of likely N-dealkylation sites (tertiary alicyclic amines) is 1. The Kier molecular flexibility index (Phi) is 3.39. The minimum Gasteiger partial charge on any atom is -0.297 e. The van der Waals surface area contributed by atoms with Crippen molar-refractivity contribution >= 4 is 0 Å². The van der Waals surface area contributed by atoms with Gasteiger partial charge in [0, 0.05) is 12.1 Å². The third-order valence-corrected chi connectivity index (χ3v) is 4.29. The molecule has 3 aliphatic rings. The van der Waals surface area contributed by atoms with E-state index in [4.69, 9.17) is 0 Å². The Morgan fingerprint density at radius 2 is 1.80 bits per heavy atom. The zero-order valence-electron chi connectivity index (χ0n) is 10.8. The van der Waals surface area contributed by atoms with Crippen LogP contribution in [0.3, 0.4) is 0 Å². The van der Waals surface area contributed by atoms with Gasteiger partial charge in [-0.05, 0) is 56.9 Å². The van der Waals surface area contributed by atoms with Gasteiger partial charge in [0.1, 0.15) is 0 Å². The minimum atomic E-state index is 0.722. The average Bonchev–Trinajstić information content (AvgIpc) is 3.11. The highest BCUT2D eigenvalue weighted by Gasteiger charge is 2.51. The van der Waals surface area contributed by atoms with Gasteiger partial charge < -0.3 is 0 Å². The second-order valence-electron chi connectivity index (χ2n) is 5.71. The Morgan fingerprint density at radius 1 is 1.13 bits per heavy atom. The fourth-order valence-electron chi connectivity index (χ4n) is 3.05. The normalized spacial score (nSPS) is 33.4. The van der Waals surface area contributed by atoms with Crippen LogP contribution in [0, 0.1) is 11.8 Å². The summed E-state index contributed by atoms with van der Waals surface area (Å²) in [6.07, 6.45) is 8.99. The van der Waals surface area contributed by atoms with Crippen LogP contribution in [0.25, 0.3) is 0 Å². The predicted molar refractivity (Wildman–Crippen MR) is 66.0 cm³/mol. The molecule has 1 aliphatic heterocycles. The first-order valence-corrected chi connectivity index (χ1v) is 7.04. The van der Waals surface area contributed by atoms with E-state index in [9.17, 15) is 0 Å². The third-order valence-electron chi connectivity index (χ3n) is 4.29. The first-order chi connectivity index (χ1) is 7.28. The summed E-state index contributed by atoms with van der Waals surface area (Å²) in [7, 11) is 0. The molecule has 1 heterocycles. The lowest BCUT2D eigenvalue weighted by Gasteiger charge is -2.39. The van der Waals surface area contributed by atoms with E-state index in [1.807, 2.05) is 13.8 Å². The maximum Gasteiger partial charge on any atom is 0.0213 e. The van der Waals surface area contributed by atoms with Crippen molar-refractivity contribution in [2.24, 2.45) is 11.8 Å². The van der Waals surface area contributed by atoms with Crippen LogP contribution in [0.4, 0.5) is 0 Å². The summed E-state index contributed by atoms with van der Waals surface area (Å²) in [5.41, 5.74) is 0.722. The van der Waals surface area contributed by atoms with Gasteiger partial charge in [-0.25, -0.2) is 0 Å². The van der Waals surface area contributed by atoms with Gasteiger partial charge in [-0.2, -0.15) is 0 Å². The van der Waals surface area contributed by atoms with Gasteiger partial charge in [-0.3, -0.25) is 4.90 Å². The first-order valence-electron chi connectivity index (χ1n) is 7.04. The van der Waals surface area contributed by atoms with Crippen LogP contribution in [0.2, 0.25) is 0 Å². The lowest BCUT2D eigenvalue weighted by molar-refractivity contribution is 0.0945. The molecule has 0 aromatic rings. The molecule has 88 valence electrons. The van der Waals surface area contributed by atoms with Crippen molar-refractivity contribution < 1.29 is 0 Å². The van der Waals surface area contributed by atoms with Gasteiger partial charge in [0.15, 0.2) is 0 Å². The van der Waals surface area contributed by atoms with E-state index in [-0.39, 0.29) is 0 Å².